The van der Waals surface area contributed by atoms with Gasteiger partial charge >= 0.3 is 0 Å². The van der Waals surface area contributed by atoms with Gasteiger partial charge in [-0.05, 0) is 54.4 Å². The predicted octanol–water partition coefficient (Wildman–Crippen LogP) is 4.42. The Bertz CT molecular complexity index is 1250. The van der Waals surface area contributed by atoms with Crippen LogP contribution in [0.1, 0.15) is 12.0 Å². The molecule has 160 valence electrons. The highest BCUT2D eigenvalue weighted by molar-refractivity contribution is 6.22. The second-order valence-corrected chi connectivity index (χ2v) is 7.80. The molecule has 2 amide bonds. The monoisotopic (exact) mass is 425 g/mol. The van der Waals surface area contributed by atoms with E-state index in [-0.39, 0.29) is 18.2 Å². The Morgan fingerprint density at radius 2 is 1.62 bits per heavy atom. The third-order valence-electron chi connectivity index (χ3n) is 5.68. The fourth-order valence-corrected chi connectivity index (χ4v) is 4.07. The van der Waals surface area contributed by atoms with Crippen LogP contribution in [0.25, 0.3) is 10.9 Å². The molecular formula is C26H23N3O3. The number of hydrogen-bond donors (Lipinski definition) is 2. The summed E-state index contributed by atoms with van der Waals surface area (Å²) in [4.78, 5) is 30.0. The molecule has 1 aliphatic rings. The fourth-order valence-electron chi connectivity index (χ4n) is 4.07. The number of anilines is 1. The van der Waals surface area contributed by atoms with Gasteiger partial charge in [0.05, 0.1) is 18.2 Å². The number of fused-ring (bicyclic) bond motifs is 1. The third-order valence-corrected chi connectivity index (χ3v) is 5.68. The van der Waals surface area contributed by atoms with E-state index in [1.165, 1.54) is 15.8 Å². The van der Waals surface area contributed by atoms with Gasteiger partial charge in [0.25, 0.3) is 5.91 Å². The van der Waals surface area contributed by atoms with E-state index in [4.69, 9.17) is 4.74 Å². The van der Waals surface area contributed by atoms with Crippen molar-refractivity contribution in [1.82, 2.24) is 10.3 Å². The Kier molecular flexibility index (Phi) is 5.44. The summed E-state index contributed by atoms with van der Waals surface area (Å²) in [6.07, 6.45) is 2.93. The van der Waals surface area contributed by atoms with E-state index in [2.05, 4.69) is 16.4 Å². The number of para-hydroxylation sites is 2. The van der Waals surface area contributed by atoms with Crippen molar-refractivity contribution in [3.8, 4) is 11.5 Å². The lowest BCUT2D eigenvalue weighted by Crippen LogP contribution is -2.39. The van der Waals surface area contributed by atoms with Gasteiger partial charge in [0.15, 0.2) is 0 Å². The predicted molar refractivity (Wildman–Crippen MR) is 124 cm³/mol. The van der Waals surface area contributed by atoms with E-state index in [9.17, 15) is 9.59 Å². The van der Waals surface area contributed by atoms with Gasteiger partial charge in [-0.25, -0.2) is 4.90 Å². The van der Waals surface area contributed by atoms with Crippen LogP contribution in [0.15, 0.2) is 85.1 Å². The molecule has 1 aliphatic heterocycles. The average molecular weight is 425 g/mol. The van der Waals surface area contributed by atoms with Crippen molar-refractivity contribution in [2.24, 2.45) is 0 Å². The van der Waals surface area contributed by atoms with E-state index in [0.717, 1.165) is 17.7 Å². The van der Waals surface area contributed by atoms with Crippen LogP contribution in [0.2, 0.25) is 0 Å². The van der Waals surface area contributed by atoms with Crippen LogP contribution in [0.4, 0.5) is 5.69 Å². The second-order valence-electron chi connectivity index (χ2n) is 7.80. The van der Waals surface area contributed by atoms with Gasteiger partial charge in [-0.3, -0.25) is 9.59 Å². The molecule has 1 aromatic heterocycles. The smallest absolute Gasteiger partial charge is 0.251 e. The number of nitrogens with one attached hydrogen (secondary N) is 2. The first-order valence-corrected chi connectivity index (χ1v) is 10.7. The van der Waals surface area contributed by atoms with Crippen molar-refractivity contribution in [1.29, 1.82) is 0 Å². The third kappa shape index (κ3) is 4.00. The molecule has 0 radical (unpaired) electrons. The minimum absolute atomic E-state index is 0.162. The molecule has 0 spiro atoms. The largest absolute Gasteiger partial charge is 0.457 e. The van der Waals surface area contributed by atoms with Crippen molar-refractivity contribution >= 4 is 28.4 Å². The van der Waals surface area contributed by atoms with Gasteiger partial charge in [-0.1, -0.05) is 36.4 Å². The minimum Gasteiger partial charge on any atom is -0.457 e. The molecule has 6 heteroatoms. The molecule has 2 heterocycles. The maximum Gasteiger partial charge on any atom is 0.251 e. The summed E-state index contributed by atoms with van der Waals surface area (Å²) >= 11 is 0. The molecule has 0 aliphatic carbocycles. The summed E-state index contributed by atoms with van der Waals surface area (Å²) < 4.78 is 5.79. The number of amides is 2. The molecule has 5 rings (SSSR count). The first kappa shape index (κ1) is 20.0. The van der Waals surface area contributed by atoms with Crippen LogP contribution in [0, 0.1) is 0 Å². The molecule has 1 saturated heterocycles. The molecule has 32 heavy (non-hydrogen) atoms. The fraction of sp³-hybridized carbons (Fsp3) is 0.154. The summed E-state index contributed by atoms with van der Waals surface area (Å²) in [5.74, 6) is 0.961. The van der Waals surface area contributed by atoms with Crippen LogP contribution in [0.3, 0.4) is 0 Å². The number of carbonyl (C=O) groups is 2. The Morgan fingerprint density at radius 3 is 2.44 bits per heavy atom. The lowest BCUT2D eigenvalue weighted by atomic mass is 10.1. The molecule has 1 fully saturated rings. The molecule has 0 unspecified atom stereocenters. The number of aromatic nitrogens is 1. The highest BCUT2D eigenvalue weighted by Crippen LogP contribution is 2.27. The Balaban J connectivity index is 1.21. The van der Waals surface area contributed by atoms with E-state index in [0.29, 0.717) is 18.0 Å². The number of ether oxygens (including phenoxy) is 1. The van der Waals surface area contributed by atoms with Crippen molar-refractivity contribution < 1.29 is 14.3 Å². The van der Waals surface area contributed by atoms with Crippen molar-refractivity contribution in [3.63, 3.8) is 0 Å². The van der Waals surface area contributed by atoms with Crippen LogP contribution in [-0.2, 0) is 16.0 Å². The lowest BCUT2D eigenvalue weighted by molar-refractivity contribution is -0.121. The van der Waals surface area contributed by atoms with E-state index in [1.54, 1.807) is 24.3 Å². The van der Waals surface area contributed by atoms with Gasteiger partial charge in [0.2, 0.25) is 5.91 Å². The van der Waals surface area contributed by atoms with Gasteiger partial charge in [0, 0.05) is 23.6 Å². The maximum absolute atomic E-state index is 12.9. The molecule has 0 bridgehead atoms. The zero-order valence-corrected chi connectivity index (χ0v) is 17.5. The number of hydrogen-bond acceptors (Lipinski definition) is 4. The Hall–Kier alpha value is -3.90. The van der Waals surface area contributed by atoms with Gasteiger partial charge in [-0.2, -0.15) is 0 Å². The second kappa shape index (κ2) is 8.69. The van der Waals surface area contributed by atoms with Crippen molar-refractivity contribution in [3.05, 3.63) is 90.6 Å². The number of aromatic amines is 1. The van der Waals surface area contributed by atoms with Crippen molar-refractivity contribution in [2.75, 3.05) is 11.4 Å². The summed E-state index contributed by atoms with van der Waals surface area (Å²) in [6.45, 7) is 0.614. The van der Waals surface area contributed by atoms with E-state index < -0.39 is 6.04 Å². The topological polar surface area (TPSA) is 74.4 Å². The summed E-state index contributed by atoms with van der Waals surface area (Å²) in [5.41, 5.74) is 2.84. The summed E-state index contributed by atoms with van der Waals surface area (Å²) in [6, 6.07) is 24.1. The summed E-state index contributed by atoms with van der Waals surface area (Å²) in [5, 5.41) is 4.44. The standard InChI is InChI=1S/C26H23N3O3/c30-25-16-24(27-15-14-18-17-28-23-9-5-4-8-22(18)23)26(31)29(25)19-10-12-21(13-11-19)32-20-6-2-1-3-7-20/h1-13,17,24,27-28H,14-16H2/t24-/m1/s1. The number of benzene rings is 3. The normalized spacial score (nSPS) is 16.1. The zero-order valence-electron chi connectivity index (χ0n) is 17.5. The van der Waals surface area contributed by atoms with Gasteiger partial charge < -0.3 is 15.0 Å². The van der Waals surface area contributed by atoms with E-state index in [1.807, 2.05) is 54.7 Å². The van der Waals surface area contributed by atoms with Crippen LogP contribution < -0.4 is 15.0 Å². The number of imide groups is 1. The van der Waals surface area contributed by atoms with E-state index >= 15 is 0 Å². The Labute approximate surface area is 185 Å². The molecular weight excluding hydrogens is 402 g/mol. The molecule has 2 N–H and O–H groups in total. The first-order chi connectivity index (χ1) is 15.7. The van der Waals surface area contributed by atoms with Gasteiger partial charge in [-0.15, -0.1) is 0 Å². The molecule has 0 saturated carbocycles. The maximum atomic E-state index is 12.9. The Morgan fingerprint density at radius 1 is 0.906 bits per heavy atom. The lowest BCUT2D eigenvalue weighted by Gasteiger charge is -2.16. The van der Waals surface area contributed by atoms with Crippen LogP contribution >= 0.6 is 0 Å². The van der Waals surface area contributed by atoms with Gasteiger partial charge in [0.1, 0.15) is 11.5 Å². The highest BCUT2D eigenvalue weighted by atomic mass is 16.5. The molecule has 6 nitrogen and oxygen atoms in total. The number of carbonyl (C=O) groups excluding carboxylic acids is 2. The molecule has 4 aromatic rings. The van der Waals surface area contributed by atoms with Crippen LogP contribution in [-0.4, -0.2) is 29.4 Å². The average Bonchev–Trinajstić information content (AvgIpc) is 3.35. The number of nitrogens with zero attached hydrogens (tertiary/aromatic N) is 1. The first-order valence-electron chi connectivity index (χ1n) is 10.7. The highest BCUT2D eigenvalue weighted by Gasteiger charge is 2.39. The quantitative estimate of drug-likeness (QED) is 0.430. The molecule has 1 atom stereocenters. The summed E-state index contributed by atoms with van der Waals surface area (Å²) in [7, 11) is 0. The van der Waals surface area contributed by atoms with Crippen molar-refractivity contribution in [2.45, 2.75) is 18.9 Å². The molecule has 3 aromatic carbocycles. The number of rotatable bonds is 7. The minimum atomic E-state index is -0.507. The SMILES string of the molecule is O=C1C[C@@H](NCCc2c[nH]c3ccccc23)C(=O)N1c1ccc(Oc2ccccc2)cc1. The van der Waals surface area contributed by atoms with Crippen LogP contribution in [0.5, 0.6) is 11.5 Å². The number of H-pyrrole nitrogens is 1. The zero-order chi connectivity index (χ0) is 21.9.